The van der Waals surface area contributed by atoms with Crippen LogP contribution in [0.15, 0.2) is 15.9 Å². The predicted octanol–water partition coefficient (Wildman–Crippen LogP) is 2.59. The van der Waals surface area contributed by atoms with E-state index in [2.05, 4.69) is 47.2 Å². The van der Waals surface area contributed by atoms with Crippen LogP contribution in [-0.4, -0.2) is 13.1 Å². The Morgan fingerprint density at radius 3 is 2.71 bits per heavy atom. The van der Waals surface area contributed by atoms with Gasteiger partial charge in [0.05, 0.1) is 3.79 Å². The van der Waals surface area contributed by atoms with Gasteiger partial charge >= 0.3 is 0 Å². The molecular formula is C10H17BrN2S. The summed E-state index contributed by atoms with van der Waals surface area (Å²) in [4.78, 5) is 1.35. The highest BCUT2D eigenvalue weighted by Crippen LogP contribution is 2.22. The Kier molecular flexibility index (Phi) is 4.57. The molecule has 1 heterocycles. The van der Waals surface area contributed by atoms with Gasteiger partial charge in [0, 0.05) is 18.0 Å². The van der Waals surface area contributed by atoms with Gasteiger partial charge in [0.25, 0.3) is 0 Å². The van der Waals surface area contributed by atoms with Gasteiger partial charge in [0.1, 0.15) is 0 Å². The van der Waals surface area contributed by atoms with E-state index in [1.165, 1.54) is 8.66 Å². The Balaban J connectivity index is 2.28. The molecule has 4 heteroatoms. The first-order valence-corrected chi connectivity index (χ1v) is 6.29. The average Bonchev–Trinajstić information content (AvgIpc) is 2.51. The molecule has 0 radical (unpaired) electrons. The Labute approximate surface area is 98.0 Å². The number of thiophene rings is 1. The Morgan fingerprint density at radius 2 is 2.21 bits per heavy atom. The van der Waals surface area contributed by atoms with Crippen LogP contribution in [0.5, 0.6) is 0 Å². The third kappa shape index (κ3) is 4.09. The van der Waals surface area contributed by atoms with Crippen LogP contribution >= 0.6 is 27.3 Å². The van der Waals surface area contributed by atoms with Gasteiger partial charge < -0.3 is 11.1 Å². The number of halogens is 1. The summed E-state index contributed by atoms with van der Waals surface area (Å²) in [5.74, 6) is 0. The highest BCUT2D eigenvalue weighted by Gasteiger charge is 2.14. The summed E-state index contributed by atoms with van der Waals surface area (Å²) in [7, 11) is 0. The normalized spacial score (nSPS) is 12.0. The average molecular weight is 277 g/mol. The standard InChI is InChI=1S/C10H17BrN2S/c1-10(2,6-12)7-13-5-8-3-4-9(11)14-8/h3-4,13H,5-7,12H2,1-2H3. The van der Waals surface area contributed by atoms with Gasteiger partial charge in [-0.15, -0.1) is 11.3 Å². The lowest BCUT2D eigenvalue weighted by Gasteiger charge is -2.22. The molecule has 80 valence electrons. The summed E-state index contributed by atoms with van der Waals surface area (Å²) in [5.41, 5.74) is 5.83. The van der Waals surface area contributed by atoms with E-state index < -0.39 is 0 Å². The Bertz CT molecular complexity index is 283. The third-order valence-corrected chi connectivity index (χ3v) is 3.71. The van der Waals surface area contributed by atoms with Crippen molar-refractivity contribution in [2.75, 3.05) is 13.1 Å². The third-order valence-electron chi connectivity index (χ3n) is 2.08. The fourth-order valence-corrected chi connectivity index (χ4v) is 2.50. The maximum absolute atomic E-state index is 5.64. The molecule has 0 bridgehead atoms. The molecule has 1 aromatic rings. The van der Waals surface area contributed by atoms with Gasteiger partial charge in [0.2, 0.25) is 0 Å². The van der Waals surface area contributed by atoms with Crippen molar-refractivity contribution in [3.63, 3.8) is 0 Å². The van der Waals surface area contributed by atoms with E-state index in [0.29, 0.717) is 6.54 Å². The molecule has 0 saturated heterocycles. The summed E-state index contributed by atoms with van der Waals surface area (Å²) >= 11 is 5.22. The molecule has 0 aliphatic carbocycles. The van der Waals surface area contributed by atoms with Crippen LogP contribution in [0.2, 0.25) is 0 Å². The van der Waals surface area contributed by atoms with Gasteiger partial charge in [-0.25, -0.2) is 0 Å². The van der Waals surface area contributed by atoms with E-state index >= 15 is 0 Å². The summed E-state index contributed by atoms with van der Waals surface area (Å²) < 4.78 is 1.19. The van der Waals surface area contributed by atoms with Crippen molar-refractivity contribution in [3.05, 3.63) is 20.8 Å². The van der Waals surface area contributed by atoms with Crippen molar-refractivity contribution in [3.8, 4) is 0 Å². The minimum absolute atomic E-state index is 0.189. The van der Waals surface area contributed by atoms with Crippen molar-refractivity contribution < 1.29 is 0 Å². The predicted molar refractivity (Wildman–Crippen MR) is 66.6 cm³/mol. The van der Waals surface area contributed by atoms with Gasteiger partial charge in [-0.05, 0) is 40.0 Å². The lowest BCUT2D eigenvalue weighted by Crippen LogP contribution is -2.35. The molecule has 3 N–H and O–H groups in total. The molecule has 0 spiro atoms. The Morgan fingerprint density at radius 1 is 1.50 bits per heavy atom. The quantitative estimate of drug-likeness (QED) is 0.868. The number of hydrogen-bond acceptors (Lipinski definition) is 3. The molecule has 0 aromatic carbocycles. The number of nitrogens with two attached hydrogens (primary N) is 1. The fraction of sp³-hybridized carbons (Fsp3) is 0.600. The van der Waals surface area contributed by atoms with Crippen LogP contribution in [0.4, 0.5) is 0 Å². The zero-order valence-electron chi connectivity index (χ0n) is 8.64. The summed E-state index contributed by atoms with van der Waals surface area (Å²) in [6.07, 6.45) is 0. The second kappa shape index (κ2) is 5.26. The molecule has 0 atom stereocenters. The van der Waals surface area contributed by atoms with Crippen LogP contribution in [0.25, 0.3) is 0 Å². The van der Waals surface area contributed by atoms with Crippen LogP contribution < -0.4 is 11.1 Å². The number of hydrogen-bond donors (Lipinski definition) is 2. The highest BCUT2D eigenvalue weighted by atomic mass is 79.9. The minimum Gasteiger partial charge on any atom is -0.330 e. The molecule has 14 heavy (non-hydrogen) atoms. The van der Waals surface area contributed by atoms with E-state index in [1.54, 1.807) is 11.3 Å². The first-order chi connectivity index (χ1) is 6.53. The van der Waals surface area contributed by atoms with E-state index in [4.69, 9.17) is 5.73 Å². The number of rotatable bonds is 5. The lowest BCUT2D eigenvalue weighted by atomic mass is 9.94. The summed E-state index contributed by atoms with van der Waals surface area (Å²) in [6, 6.07) is 4.22. The molecular weight excluding hydrogens is 260 g/mol. The molecule has 2 nitrogen and oxygen atoms in total. The van der Waals surface area contributed by atoms with E-state index in [1.807, 2.05) is 0 Å². The summed E-state index contributed by atoms with van der Waals surface area (Å²) in [6.45, 7) is 6.95. The van der Waals surface area contributed by atoms with Crippen LogP contribution in [0.1, 0.15) is 18.7 Å². The molecule has 0 amide bonds. The smallest absolute Gasteiger partial charge is 0.0701 e. The molecule has 0 aliphatic heterocycles. The number of nitrogens with one attached hydrogen (secondary N) is 1. The van der Waals surface area contributed by atoms with Crippen molar-refractivity contribution in [2.45, 2.75) is 20.4 Å². The van der Waals surface area contributed by atoms with Crippen molar-refractivity contribution >= 4 is 27.3 Å². The fourth-order valence-electron chi connectivity index (χ4n) is 1.04. The first kappa shape index (κ1) is 12.2. The van der Waals surface area contributed by atoms with Gasteiger partial charge in [-0.1, -0.05) is 13.8 Å². The maximum atomic E-state index is 5.64. The van der Waals surface area contributed by atoms with Crippen molar-refractivity contribution in [1.29, 1.82) is 0 Å². The van der Waals surface area contributed by atoms with Crippen LogP contribution in [0.3, 0.4) is 0 Å². The highest BCUT2D eigenvalue weighted by molar-refractivity contribution is 9.11. The van der Waals surface area contributed by atoms with Gasteiger partial charge in [-0.2, -0.15) is 0 Å². The molecule has 0 fully saturated rings. The SMILES string of the molecule is CC(C)(CN)CNCc1ccc(Br)s1. The van der Waals surface area contributed by atoms with Gasteiger partial charge in [-0.3, -0.25) is 0 Å². The minimum atomic E-state index is 0.189. The van der Waals surface area contributed by atoms with Crippen molar-refractivity contribution in [1.82, 2.24) is 5.32 Å². The van der Waals surface area contributed by atoms with E-state index in [9.17, 15) is 0 Å². The topological polar surface area (TPSA) is 38.0 Å². The zero-order valence-corrected chi connectivity index (χ0v) is 11.0. The van der Waals surface area contributed by atoms with E-state index in [0.717, 1.165) is 13.1 Å². The first-order valence-electron chi connectivity index (χ1n) is 4.68. The lowest BCUT2D eigenvalue weighted by molar-refractivity contribution is 0.352. The molecule has 0 aliphatic rings. The van der Waals surface area contributed by atoms with Gasteiger partial charge in [0.15, 0.2) is 0 Å². The largest absolute Gasteiger partial charge is 0.330 e. The van der Waals surface area contributed by atoms with E-state index in [-0.39, 0.29) is 5.41 Å². The maximum Gasteiger partial charge on any atom is 0.0701 e. The monoisotopic (exact) mass is 276 g/mol. The second-order valence-corrected chi connectivity index (χ2v) is 6.73. The van der Waals surface area contributed by atoms with Crippen LogP contribution in [0, 0.1) is 5.41 Å². The molecule has 1 aromatic heterocycles. The second-order valence-electron chi connectivity index (χ2n) is 4.18. The van der Waals surface area contributed by atoms with Crippen LogP contribution in [-0.2, 0) is 6.54 Å². The molecule has 1 rings (SSSR count). The summed E-state index contributed by atoms with van der Waals surface area (Å²) in [5, 5.41) is 3.42. The zero-order chi connectivity index (χ0) is 10.6. The molecule has 0 saturated carbocycles. The Hall–Kier alpha value is 0.1000. The van der Waals surface area contributed by atoms with Crippen molar-refractivity contribution in [2.24, 2.45) is 11.1 Å². The molecule has 0 unspecified atom stereocenters.